The fraction of sp³-hybridized carbons (Fsp3) is 0.680. The summed E-state index contributed by atoms with van der Waals surface area (Å²) in [7, 11) is 0. The molecule has 6 nitrogen and oxygen atoms in total. The van der Waals surface area contributed by atoms with Crippen molar-refractivity contribution in [2.75, 3.05) is 6.54 Å². The molecule has 2 bridgehead atoms. The number of amides is 1. The van der Waals surface area contributed by atoms with Crippen molar-refractivity contribution in [1.29, 1.82) is 0 Å². The highest BCUT2D eigenvalue weighted by molar-refractivity contribution is 6.30. The second-order valence-electron chi connectivity index (χ2n) is 10.3. The lowest BCUT2D eigenvalue weighted by atomic mass is 9.68. The largest absolute Gasteiger partial charge is 0.385 e. The van der Waals surface area contributed by atoms with Crippen LogP contribution < -0.4 is 11.1 Å². The number of hydrogen-bond donors (Lipinski definition) is 2. The zero-order valence-electron chi connectivity index (χ0n) is 19.9. The third-order valence-electron chi connectivity index (χ3n) is 7.50. The molecule has 0 aromatic heterocycles. The molecule has 2 saturated carbocycles. The molecule has 0 saturated heterocycles. The maximum absolute atomic E-state index is 13.4. The summed E-state index contributed by atoms with van der Waals surface area (Å²) in [5, 5.41) is 12.6. The smallest absolute Gasteiger partial charge is 0.254 e. The van der Waals surface area contributed by atoms with Crippen LogP contribution >= 0.6 is 11.6 Å². The lowest BCUT2D eigenvalue weighted by Crippen LogP contribution is -2.56. The Labute approximate surface area is 197 Å². The van der Waals surface area contributed by atoms with Crippen LogP contribution in [0, 0.1) is 16.7 Å². The minimum atomic E-state index is -0.901. The van der Waals surface area contributed by atoms with Gasteiger partial charge in [0.05, 0.1) is 13.1 Å². The number of nitrogens with two attached hydrogens (primary N) is 1. The van der Waals surface area contributed by atoms with Gasteiger partial charge in [-0.2, -0.15) is 10.2 Å². The topological polar surface area (TPSA) is 92.2 Å². The van der Waals surface area contributed by atoms with Gasteiger partial charge < -0.3 is 11.1 Å². The van der Waals surface area contributed by atoms with Gasteiger partial charge in [-0.25, -0.2) is 0 Å². The van der Waals surface area contributed by atoms with E-state index in [0.29, 0.717) is 24.0 Å². The van der Waals surface area contributed by atoms with Gasteiger partial charge >= 0.3 is 0 Å². The number of amidine groups is 1. The van der Waals surface area contributed by atoms with Crippen molar-refractivity contribution >= 4 is 23.3 Å². The normalized spacial score (nSPS) is 27.7. The first kappa shape index (κ1) is 24.7. The molecule has 1 amide bonds. The van der Waals surface area contributed by atoms with Gasteiger partial charge in [0, 0.05) is 11.1 Å². The summed E-state index contributed by atoms with van der Waals surface area (Å²) in [6.07, 6.45) is 6.70. The van der Waals surface area contributed by atoms with Gasteiger partial charge in [-0.15, -0.1) is 0 Å². The molecule has 176 valence electrons. The summed E-state index contributed by atoms with van der Waals surface area (Å²) in [6, 6.07) is 6.64. The molecule has 2 aliphatic carbocycles. The van der Waals surface area contributed by atoms with Crippen LogP contribution in [0.2, 0.25) is 5.02 Å². The number of fused-ring (bicyclic) bond motifs is 2. The Morgan fingerprint density at radius 3 is 2.59 bits per heavy atom. The Morgan fingerprint density at radius 1 is 1.25 bits per heavy atom. The van der Waals surface area contributed by atoms with Gasteiger partial charge in [0.15, 0.2) is 0 Å². The number of hydrogen-bond acceptors (Lipinski definition) is 4. The van der Waals surface area contributed by atoms with E-state index < -0.39 is 6.04 Å². The number of unbranched alkanes of at least 4 members (excludes halogenated alkanes) is 2. The minimum Gasteiger partial charge on any atom is -0.385 e. The monoisotopic (exact) mass is 459 g/mol. The van der Waals surface area contributed by atoms with Gasteiger partial charge in [-0.3, -0.25) is 9.79 Å². The number of nitrogens with one attached hydrogen (secondary N) is 1. The predicted octanol–water partition coefficient (Wildman–Crippen LogP) is 5.54. The number of nitrogens with zero attached hydrogens (tertiary/aromatic N) is 3. The number of carbonyl (C=O) groups excluding carboxylic acids is 1. The van der Waals surface area contributed by atoms with Gasteiger partial charge in [0.2, 0.25) is 6.04 Å². The lowest BCUT2D eigenvalue weighted by molar-refractivity contribution is -0.123. The van der Waals surface area contributed by atoms with E-state index >= 15 is 0 Å². The second-order valence-corrected chi connectivity index (χ2v) is 10.8. The summed E-state index contributed by atoms with van der Waals surface area (Å²) in [5.74, 6) is 0.638. The lowest BCUT2D eigenvalue weighted by Gasteiger charge is -2.43. The van der Waals surface area contributed by atoms with E-state index in [1.54, 1.807) is 0 Å². The third-order valence-corrected chi connectivity index (χ3v) is 7.75. The van der Waals surface area contributed by atoms with Crippen LogP contribution in [-0.2, 0) is 11.3 Å². The fourth-order valence-electron chi connectivity index (χ4n) is 5.56. The van der Waals surface area contributed by atoms with Crippen molar-refractivity contribution in [2.24, 2.45) is 37.7 Å². The van der Waals surface area contributed by atoms with E-state index in [-0.39, 0.29) is 28.6 Å². The number of aliphatic imine (C=N–C) groups is 1. The Kier molecular flexibility index (Phi) is 7.97. The van der Waals surface area contributed by atoms with Crippen LogP contribution in [0.15, 0.2) is 39.5 Å². The summed E-state index contributed by atoms with van der Waals surface area (Å²) < 4.78 is 0. The summed E-state index contributed by atoms with van der Waals surface area (Å²) in [6.45, 7) is 9.95. The van der Waals surface area contributed by atoms with Crippen LogP contribution in [0.5, 0.6) is 0 Å². The highest BCUT2D eigenvalue weighted by Crippen LogP contribution is 2.62. The minimum absolute atomic E-state index is 0.0562. The van der Waals surface area contributed by atoms with Crippen LogP contribution in [0.3, 0.4) is 0 Å². The Bertz CT molecular complexity index is 846. The molecule has 2 aliphatic rings. The molecule has 32 heavy (non-hydrogen) atoms. The molecule has 2 fully saturated rings. The first-order valence-electron chi connectivity index (χ1n) is 11.9. The van der Waals surface area contributed by atoms with Crippen LogP contribution in [-0.4, -0.2) is 30.4 Å². The zero-order chi connectivity index (χ0) is 23.4. The average molecular weight is 460 g/mol. The fourth-order valence-corrected chi connectivity index (χ4v) is 5.69. The highest BCUT2D eigenvalue weighted by Gasteiger charge is 2.60. The van der Waals surface area contributed by atoms with Crippen molar-refractivity contribution in [3.05, 3.63) is 34.9 Å². The molecule has 1 aromatic carbocycles. The number of halogens is 1. The van der Waals surface area contributed by atoms with Crippen LogP contribution in [0.1, 0.15) is 71.8 Å². The Hall–Kier alpha value is -1.95. The van der Waals surface area contributed by atoms with Crippen LogP contribution in [0.25, 0.3) is 0 Å². The molecule has 0 heterocycles. The van der Waals surface area contributed by atoms with Crippen molar-refractivity contribution in [3.8, 4) is 0 Å². The Morgan fingerprint density at radius 2 is 1.97 bits per heavy atom. The summed E-state index contributed by atoms with van der Waals surface area (Å²) in [5.41, 5.74) is 7.45. The first-order valence-corrected chi connectivity index (χ1v) is 12.3. The van der Waals surface area contributed by atoms with E-state index in [4.69, 9.17) is 17.3 Å². The summed E-state index contributed by atoms with van der Waals surface area (Å²) in [4.78, 5) is 17.9. The molecule has 0 aliphatic heterocycles. The molecule has 4 unspecified atom stereocenters. The highest BCUT2D eigenvalue weighted by atomic mass is 35.5. The number of benzene rings is 1. The van der Waals surface area contributed by atoms with Crippen molar-refractivity contribution in [3.63, 3.8) is 0 Å². The molecule has 3 rings (SSSR count). The van der Waals surface area contributed by atoms with Gasteiger partial charge in [0.1, 0.15) is 5.84 Å². The molecule has 4 atom stereocenters. The molecular weight excluding hydrogens is 422 g/mol. The standard InChI is InChI=1S/C25H38ClN5O/c1-5-6-7-14-29-31-20(21(27)28-16-17-8-10-19(26)11-9-17)22(32)30-23-24(2,3)18-12-13-25(23,4)15-18/h8-11,18,20,23H,5-7,12-16H2,1-4H3,(H2,27,28)(H,30,32)/b31-29+. The van der Waals surface area contributed by atoms with Gasteiger partial charge in [0.25, 0.3) is 5.91 Å². The molecule has 3 N–H and O–H groups in total. The first-order chi connectivity index (χ1) is 15.2. The SMILES string of the molecule is CCCCC/N=N/C(C(=O)NC1C2(C)CCC(C2)C1(C)C)/C(N)=N/Cc1ccc(Cl)cc1. The molecule has 0 spiro atoms. The van der Waals surface area contributed by atoms with E-state index in [1.807, 2.05) is 24.3 Å². The number of rotatable bonds is 10. The zero-order valence-corrected chi connectivity index (χ0v) is 20.7. The number of carbonyl (C=O) groups is 1. The molecular formula is C25H38ClN5O. The quantitative estimate of drug-likeness (QED) is 0.208. The predicted molar refractivity (Wildman–Crippen MR) is 131 cm³/mol. The van der Waals surface area contributed by atoms with Gasteiger partial charge in [-0.05, 0) is 60.1 Å². The molecule has 1 aromatic rings. The second kappa shape index (κ2) is 10.3. The van der Waals surface area contributed by atoms with Gasteiger partial charge in [-0.1, -0.05) is 64.3 Å². The summed E-state index contributed by atoms with van der Waals surface area (Å²) >= 11 is 5.96. The maximum Gasteiger partial charge on any atom is 0.254 e. The number of azo groups is 1. The third kappa shape index (κ3) is 5.51. The van der Waals surface area contributed by atoms with Crippen molar-refractivity contribution in [1.82, 2.24) is 5.32 Å². The Balaban J connectivity index is 1.74. The van der Waals surface area contributed by atoms with E-state index in [2.05, 4.69) is 48.2 Å². The van der Waals surface area contributed by atoms with Crippen molar-refractivity contribution < 1.29 is 4.79 Å². The average Bonchev–Trinajstić information content (AvgIpc) is 3.24. The van der Waals surface area contributed by atoms with Crippen LogP contribution in [0.4, 0.5) is 0 Å². The molecule has 0 radical (unpaired) electrons. The molecule has 7 heteroatoms. The maximum atomic E-state index is 13.4. The van der Waals surface area contributed by atoms with E-state index in [1.165, 1.54) is 6.42 Å². The van der Waals surface area contributed by atoms with E-state index in [9.17, 15) is 4.79 Å². The van der Waals surface area contributed by atoms with Crippen molar-refractivity contribution in [2.45, 2.75) is 84.8 Å². The van der Waals surface area contributed by atoms with E-state index in [0.717, 1.165) is 37.7 Å².